The Morgan fingerprint density at radius 2 is 0.733 bits per heavy atom. The first kappa shape index (κ1) is 25.5. The molecule has 5 N–H and O–H groups in total. The Morgan fingerprint density at radius 1 is 0.378 bits per heavy atom. The van der Waals surface area contributed by atoms with Crippen molar-refractivity contribution in [2.24, 2.45) is 0 Å². The molecule has 45 heavy (non-hydrogen) atoms. The second kappa shape index (κ2) is 10.1. The maximum atomic E-state index is 10.4. The molecular weight excluding hydrogens is 552 g/mol. The number of rotatable bonds is 6. The Bertz CT molecular complexity index is 2400. The highest BCUT2D eigenvalue weighted by atomic mass is 16.3. The zero-order valence-corrected chi connectivity index (χ0v) is 24.4. The number of para-hydroxylation sites is 3. The van der Waals surface area contributed by atoms with Crippen LogP contribution in [-0.2, 0) is 0 Å². The Balaban J connectivity index is 1.23. The summed E-state index contributed by atoms with van der Waals surface area (Å²) in [6.45, 7) is 0. The second-order valence-electron chi connectivity index (χ2n) is 11.9. The lowest BCUT2D eigenvalue weighted by atomic mass is 9.81. The van der Waals surface area contributed by atoms with Crippen LogP contribution in [0.25, 0.3) is 43.6 Å². The molecule has 0 bridgehead atoms. The van der Waals surface area contributed by atoms with Crippen LogP contribution in [0.1, 0.15) is 45.2 Å². The number of hydrogen-bond donors (Lipinski definition) is 5. The SMILES string of the molecule is Oc1ccc2[nH]cc(C(c3ccc(C(c4c[nH]c5ccccc45)c4c[nH]c5ccccc45)cc3)c3c[nH]c4ccccc34)c2c1. The van der Waals surface area contributed by atoms with E-state index in [0.717, 1.165) is 33.0 Å². The molecule has 0 fully saturated rings. The van der Waals surface area contributed by atoms with Crippen molar-refractivity contribution in [1.82, 2.24) is 19.9 Å². The summed E-state index contributed by atoms with van der Waals surface area (Å²) < 4.78 is 0. The Kier molecular flexibility index (Phi) is 5.72. The number of hydrogen-bond acceptors (Lipinski definition) is 1. The first-order valence-corrected chi connectivity index (χ1v) is 15.3. The number of fused-ring (bicyclic) bond motifs is 4. The number of nitrogens with one attached hydrogen (secondary N) is 4. The average molecular weight is 583 g/mol. The molecule has 0 radical (unpaired) electrons. The predicted molar refractivity (Wildman–Crippen MR) is 183 cm³/mol. The zero-order valence-electron chi connectivity index (χ0n) is 24.4. The molecule has 0 aliphatic heterocycles. The van der Waals surface area contributed by atoms with Gasteiger partial charge in [-0.25, -0.2) is 0 Å². The third kappa shape index (κ3) is 4.09. The second-order valence-corrected chi connectivity index (χ2v) is 11.9. The van der Waals surface area contributed by atoms with Crippen LogP contribution < -0.4 is 0 Å². The standard InChI is InChI=1S/C40H30N4O/c45-26-17-18-38-30(19-26)34(23-44-38)40(33-22-43-37-12-6-3-9-29(33)37)25-15-13-24(14-16-25)39(31-20-41-35-10-4-1-7-27(31)35)32-21-42-36-11-5-2-8-28(32)36/h1-23,39-45H. The first-order valence-electron chi connectivity index (χ1n) is 15.3. The van der Waals surface area contributed by atoms with Gasteiger partial charge in [0.25, 0.3) is 0 Å². The summed E-state index contributed by atoms with van der Waals surface area (Å²) in [6, 6.07) is 40.2. The number of benzene rings is 5. The van der Waals surface area contributed by atoms with E-state index in [1.54, 1.807) is 6.07 Å². The summed E-state index contributed by atoms with van der Waals surface area (Å²) in [5.41, 5.74) is 11.6. The van der Waals surface area contributed by atoms with Gasteiger partial charge in [-0.3, -0.25) is 0 Å². The van der Waals surface area contributed by atoms with E-state index >= 15 is 0 Å². The molecule has 9 aromatic rings. The maximum Gasteiger partial charge on any atom is 0.116 e. The molecule has 4 aromatic heterocycles. The quantitative estimate of drug-likeness (QED) is 0.133. The zero-order chi connectivity index (χ0) is 29.9. The van der Waals surface area contributed by atoms with Gasteiger partial charge in [0.05, 0.1) is 0 Å². The molecule has 0 saturated heterocycles. The highest BCUT2D eigenvalue weighted by Gasteiger charge is 2.26. The van der Waals surface area contributed by atoms with Crippen LogP contribution in [0.3, 0.4) is 0 Å². The maximum absolute atomic E-state index is 10.4. The van der Waals surface area contributed by atoms with E-state index in [0.29, 0.717) is 0 Å². The van der Waals surface area contributed by atoms with E-state index in [2.05, 4.69) is 142 Å². The molecule has 5 aromatic carbocycles. The molecule has 0 spiro atoms. The summed E-state index contributed by atoms with van der Waals surface area (Å²) in [4.78, 5) is 14.0. The van der Waals surface area contributed by atoms with E-state index < -0.39 is 0 Å². The van der Waals surface area contributed by atoms with Gasteiger partial charge in [0.1, 0.15) is 5.75 Å². The molecule has 4 heterocycles. The fourth-order valence-electron chi connectivity index (χ4n) is 7.30. The van der Waals surface area contributed by atoms with Crippen LogP contribution in [-0.4, -0.2) is 25.0 Å². The normalized spacial score (nSPS) is 12.6. The van der Waals surface area contributed by atoms with Crippen LogP contribution in [0.4, 0.5) is 0 Å². The summed E-state index contributed by atoms with van der Waals surface area (Å²) in [5, 5.41) is 15.1. The number of aromatic nitrogens is 4. The number of aromatic amines is 4. The summed E-state index contributed by atoms with van der Waals surface area (Å²) in [5.74, 6) is 0.241. The topological polar surface area (TPSA) is 83.4 Å². The van der Waals surface area contributed by atoms with Crippen molar-refractivity contribution in [3.05, 3.63) is 173 Å². The van der Waals surface area contributed by atoms with Crippen LogP contribution in [0, 0.1) is 0 Å². The molecule has 0 aliphatic carbocycles. The minimum Gasteiger partial charge on any atom is -0.508 e. The first-order chi connectivity index (χ1) is 22.2. The fraction of sp³-hybridized carbons (Fsp3) is 0.0500. The molecule has 5 nitrogen and oxygen atoms in total. The van der Waals surface area contributed by atoms with Crippen molar-refractivity contribution in [3.8, 4) is 5.75 Å². The fourth-order valence-corrected chi connectivity index (χ4v) is 7.30. The summed E-state index contributed by atoms with van der Waals surface area (Å²) >= 11 is 0. The van der Waals surface area contributed by atoms with Gasteiger partial charge in [-0.15, -0.1) is 0 Å². The van der Waals surface area contributed by atoms with Gasteiger partial charge in [-0.2, -0.15) is 0 Å². The van der Waals surface area contributed by atoms with Gasteiger partial charge in [-0.1, -0.05) is 78.9 Å². The van der Waals surface area contributed by atoms with Crippen molar-refractivity contribution < 1.29 is 5.11 Å². The number of aromatic hydroxyl groups is 1. The molecule has 5 heteroatoms. The smallest absolute Gasteiger partial charge is 0.116 e. The number of phenolic OH excluding ortho intramolecular Hbond substituents is 1. The minimum absolute atomic E-state index is 0.0305. The Morgan fingerprint density at radius 3 is 1.16 bits per heavy atom. The van der Waals surface area contributed by atoms with Crippen LogP contribution in [0.15, 0.2) is 140 Å². The lowest BCUT2D eigenvalue weighted by Crippen LogP contribution is -2.05. The van der Waals surface area contributed by atoms with Crippen LogP contribution in [0.5, 0.6) is 5.75 Å². The summed E-state index contributed by atoms with van der Waals surface area (Å²) in [6.07, 6.45) is 8.55. The summed E-state index contributed by atoms with van der Waals surface area (Å²) in [7, 11) is 0. The lowest BCUT2D eigenvalue weighted by molar-refractivity contribution is 0.476. The van der Waals surface area contributed by atoms with Gasteiger partial charge < -0.3 is 25.0 Å². The molecular formula is C40H30N4O. The minimum atomic E-state index is -0.0506. The van der Waals surface area contributed by atoms with E-state index in [9.17, 15) is 5.11 Å². The van der Waals surface area contributed by atoms with E-state index in [1.165, 1.54) is 44.0 Å². The number of phenols is 1. The lowest BCUT2D eigenvalue weighted by Gasteiger charge is -2.21. The van der Waals surface area contributed by atoms with Gasteiger partial charge in [0.15, 0.2) is 0 Å². The monoisotopic (exact) mass is 582 g/mol. The van der Waals surface area contributed by atoms with Gasteiger partial charge in [0, 0.05) is 80.2 Å². The molecule has 1 unspecified atom stereocenters. The van der Waals surface area contributed by atoms with Crippen LogP contribution in [0.2, 0.25) is 0 Å². The molecule has 0 saturated carbocycles. The van der Waals surface area contributed by atoms with Crippen molar-refractivity contribution in [1.29, 1.82) is 0 Å². The molecule has 9 rings (SSSR count). The van der Waals surface area contributed by atoms with E-state index in [1.807, 2.05) is 12.1 Å². The highest BCUT2D eigenvalue weighted by molar-refractivity contribution is 5.91. The van der Waals surface area contributed by atoms with Crippen molar-refractivity contribution >= 4 is 43.6 Å². The Labute approximate surface area is 259 Å². The third-order valence-electron chi connectivity index (χ3n) is 9.41. The van der Waals surface area contributed by atoms with Crippen molar-refractivity contribution in [2.45, 2.75) is 11.8 Å². The average Bonchev–Trinajstić information content (AvgIpc) is 3.89. The largest absolute Gasteiger partial charge is 0.508 e. The highest BCUT2D eigenvalue weighted by Crippen LogP contribution is 2.43. The van der Waals surface area contributed by atoms with Crippen LogP contribution >= 0.6 is 0 Å². The third-order valence-corrected chi connectivity index (χ3v) is 9.41. The predicted octanol–water partition coefficient (Wildman–Crippen LogP) is 9.68. The Hall–Kier alpha value is -5.94. The molecule has 1 atom stereocenters. The molecule has 0 amide bonds. The van der Waals surface area contributed by atoms with Gasteiger partial charge in [-0.05, 0) is 69.8 Å². The van der Waals surface area contributed by atoms with E-state index in [-0.39, 0.29) is 17.6 Å². The number of H-pyrrole nitrogens is 4. The van der Waals surface area contributed by atoms with E-state index in [4.69, 9.17) is 0 Å². The van der Waals surface area contributed by atoms with Crippen molar-refractivity contribution in [3.63, 3.8) is 0 Å². The van der Waals surface area contributed by atoms with Gasteiger partial charge in [0.2, 0.25) is 0 Å². The van der Waals surface area contributed by atoms with Gasteiger partial charge >= 0.3 is 0 Å². The molecule has 0 aliphatic rings. The van der Waals surface area contributed by atoms with Crippen molar-refractivity contribution in [2.75, 3.05) is 0 Å². The molecule has 216 valence electrons.